The van der Waals surface area contributed by atoms with Crippen LogP contribution in [0.2, 0.25) is 0 Å². The number of urea groups is 1. The maximum absolute atomic E-state index is 13.3. The Kier molecular flexibility index (Phi) is 8.08. The zero-order valence-electron chi connectivity index (χ0n) is 22.0. The van der Waals surface area contributed by atoms with E-state index in [0.29, 0.717) is 18.1 Å². The van der Waals surface area contributed by atoms with Gasteiger partial charge < -0.3 is 15.1 Å². The fourth-order valence-corrected chi connectivity index (χ4v) is 5.62. The summed E-state index contributed by atoms with van der Waals surface area (Å²) in [6.45, 7) is 11.4. The third-order valence-corrected chi connectivity index (χ3v) is 7.67. The molecule has 9 nitrogen and oxygen atoms in total. The number of aliphatic imine (C=N–C) groups is 2. The number of hydrogen-bond donors (Lipinski definition) is 2. The minimum Gasteiger partial charge on any atom is -0.386 e. The first kappa shape index (κ1) is 25.9. The monoisotopic (exact) mass is 493 g/mol. The number of carbonyl (C=O) groups excluding carboxylic acids is 2. The maximum atomic E-state index is 13.3. The zero-order chi connectivity index (χ0) is 25.8. The Morgan fingerprint density at radius 3 is 2.78 bits per heavy atom. The molecule has 1 aliphatic carbocycles. The van der Waals surface area contributed by atoms with Crippen molar-refractivity contribution in [2.45, 2.75) is 39.2 Å². The average molecular weight is 494 g/mol. The Morgan fingerprint density at radius 2 is 2.06 bits per heavy atom. The van der Waals surface area contributed by atoms with Crippen LogP contribution in [0.5, 0.6) is 0 Å². The summed E-state index contributed by atoms with van der Waals surface area (Å²) in [4.78, 5) is 41.2. The molecular formula is C27H39N7O2. The number of rotatable bonds is 6. The molecule has 0 bridgehead atoms. The quantitative estimate of drug-likeness (QED) is 0.469. The predicted molar refractivity (Wildman–Crippen MR) is 147 cm³/mol. The fourth-order valence-electron chi connectivity index (χ4n) is 5.62. The van der Waals surface area contributed by atoms with E-state index in [0.717, 1.165) is 50.3 Å². The van der Waals surface area contributed by atoms with Crippen LogP contribution in [-0.4, -0.2) is 87.2 Å². The van der Waals surface area contributed by atoms with E-state index in [1.54, 1.807) is 4.90 Å². The molecule has 3 amide bonds. The summed E-state index contributed by atoms with van der Waals surface area (Å²) in [6, 6.07) is 5.20. The number of anilines is 2. The first-order valence-electron chi connectivity index (χ1n) is 12.9. The van der Waals surface area contributed by atoms with Crippen LogP contribution in [0.25, 0.3) is 0 Å². The molecule has 3 unspecified atom stereocenters. The van der Waals surface area contributed by atoms with Gasteiger partial charge in [-0.1, -0.05) is 18.6 Å². The van der Waals surface area contributed by atoms with E-state index in [2.05, 4.69) is 54.2 Å². The number of carbonyl (C=O) groups is 2. The Morgan fingerprint density at radius 1 is 1.25 bits per heavy atom. The van der Waals surface area contributed by atoms with Crippen LogP contribution in [0.1, 0.15) is 33.1 Å². The van der Waals surface area contributed by atoms with Gasteiger partial charge in [0.2, 0.25) is 5.91 Å². The van der Waals surface area contributed by atoms with Crippen molar-refractivity contribution < 1.29 is 9.59 Å². The van der Waals surface area contributed by atoms with Crippen LogP contribution in [0.3, 0.4) is 0 Å². The second-order valence-electron chi connectivity index (χ2n) is 10.2. The number of amidine groups is 1. The van der Waals surface area contributed by atoms with Gasteiger partial charge in [0.15, 0.2) is 0 Å². The predicted octanol–water partition coefficient (Wildman–Crippen LogP) is 3.51. The van der Waals surface area contributed by atoms with Gasteiger partial charge in [-0.15, -0.1) is 0 Å². The van der Waals surface area contributed by atoms with Crippen molar-refractivity contribution in [3.63, 3.8) is 0 Å². The summed E-state index contributed by atoms with van der Waals surface area (Å²) < 4.78 is 0. The zero-order valence-corrected chi connectivity index (χ0v) is 22.0. The van der Waals surface area contributed by atoms with Crippen LogP contribution < -0.4 is 15.5 Å². The molecule has 2 N–H and O–H groups in total. The molecule has 3 aliphatic rings. The molecule has 2 aliphatic heterocycles. The van der Waals surface area contributed by atoms with Crippen molar-refractivity contribution in [3.05, 3.63) is 29.8 Å². The van der Waals surface area contributed by atoms with E-state index in [4.69, 9.17) is 4.99 Å². The second kappa shape index (κ2) is 11.2. The van der Waals surface area contributed by atoms with E-state index in [1.807, 2.05) is 30.1 Å². The molecule has 4 rings (SSSR count). The van der Waals surface area contributed by atoms with Gasteiger partial charge >= 0.3 is 6.03 Å². The molecule has 2 fully saturated rings. The third-order valence-electron chi connectivity index (χ3n) is 7.67. The maximum Gasteiger partial charge on any atom is 0.327 e. The van der Waals surface area contributed by atoms with Crippen molar-refractivity contribution in [1.29, 1.82) is 0 Å². The summed E-state index contributed by atoms with van der Waals surface area (Å²) in [5.41, 5.74) is 3.64. The highest BCUT2D eigenvalue weighted by Gasteiger charge is 2.44. The molecule has 36 heavy (non-hydrogen) atoms. The number of nitrogens with one attached hydrogen (secondary N) is 2. The van der Waals surface area contributed by atoms with Crippen LogP contribution in [-0.2, 0) is 4.79 Å². The summed E-state index contributed by atoms with van der Waals surface area (Å²) in [5.74, 6) is 1.04. The Bertz CT molecular complexity index is 1070. The number of amides is 3. The summed E-state index contributed by atoms with van der Waals surface area (Å²) >= 11 is 0. The smallest absolute Gasteiger partial charge is 0.327 e. The molecule has 9 heteroatoms. The van der Waals surface area contributed by atoms with E-state index in [-0.39, 0.29) is 36.4 Å². The summed E-state index contributed by atoms with van der Waals surface area (Å²) in [6.07, 6.45) is 5.19. The largest absolute Gasteiger partial charge is 0.386 e. The van der Waals surface area contributed by atoms with Crippen LogP contribution in [0.15, 0.2) is 39.8 Å². The molecule has 0 spiro atoms. The van der Waals surface area contributed by atoms with Crippen molar-refractivity contribution in [1.82, 2.24) is 15.1 Å². The van der Waals surface area contributed by atoms with Gasteiger partial charge in [0.05, 0.1) is 17.4 Å². The van der Waals surface area contributed by atoms with Crippen molar-refractivity contribution in [2.75, 3.05) is 57.0 Å². The Balaban J connectivity index is 1.64. The lowest BCUT2D eigenvalue weighted by atomic mass is 9.77. The van der Waals surface area contributed by atoms with Gasteiger partial charge in [0, 0.05) is 32.4 Å². The number of likely N-dealkylation sites (N-methyl/N-ethyl adjacent to an activating group) is 1. The third kappa shape index (κ3) is 5.46. The second-order valence-corrected chi connectivity index (χ2v) is 10.2. The topological polar surface area (TPSA) is 92.6 Å². The lowest BCUT2D eigenvalue weighted by molar-refractivity contribution is -0.129. The lowest BCUT2D eigenvalue weighted by Crippen LogP contribution is -2.44. The average Bonchev–Trinajstić information content (AvgIpc) is 3.02. The normalized spacial score (nSPS) is 26.4. The van der Waals surface area contributed by atoms with Crippen LogP contribution in [0.4, 0.5) is 21.9 Å². The number of nitrogens with zero attached hydrogens (tertiary/aromatic N) is 5. The molecule has 0 aromatic heterocycles. The SMILES string of the molecule is C=Nc1cc(N2C(=O)NC(=NCC(=O)N3CCCN(C)CC3)C2C2CCC(C)=CC2C)ccc1NC. The Labute approximate surface area is 214 Å². The van der Waals surface area contributed by atoms with Gasteiger partial charge in [-0.3, -0.25) is 25.0 Å². The van der Waals surface area contributed by atoms with Crippen molar-refractivity contribution in [2.24, 2.45) is 21.8 Å². The van der Waals surface area contributed by atoms with Gasteiger partial charge in [-0.05, 0) is 76.5 Å². The first-order chi connectivity index (χ1) is 17.3. The molecule has 2 heterocycles. The summed E-state index contributed by atoms with van der Waals surface area (Å²) in [5, 5.41) is 6.11. The van der Waals surface area contributed by atoms with Gasteiger partial charge in [0.1, 0.15) is 12.4 Å². The van der Waals surface area contributed by atoms with E-state index < -0.39 is 0 Å². The molecule has 0 radical (unpaired) electrons. The molecule has 194 valence electrons. The van der Waals surface area contributed by atoms with Crippen molar-refractivity contribution in [3.8, 4) is 0 Å². The van der Waals surface area contributed by atoms with E-state index >= 15 is 0 Å². The first-order valence-corrected chi connectivity index (χ1v) is 12.9. The molecule has 1 aromatic carbocycles. The lowest BCUT2D eigenvalue weighted by Gasteiger charge is -2.36. The standard InChI is InChI=1S/C27H39N7O2/c1-18-7-9-21(19(2)15-18)25-26(30-17-24(35)33-12-6-11-32(5)13-14-33)31-27(36)34(25)20-8-10-22(28-3)23(16-20)29-4/h8,10,15-16,19,21,25,28H,4,6-7,9,11-14,17H2,1-3,5H3,(H,30,31,36). The molecule has 3 atom stereocenters. The minimum atomic E-state index is -0.280. The van der Waals surface area contributed by atoms with Gasteiger partial charge in [-0.25, -0.2) is 4.79 Å². The number of allylic oxidation sites excluding steroid dienone is 2. The highest BCUT2D eigenvalue weighted by molar-refractivity contribution is 6.17. The van der Waals surface area contributed by atoms with Crippen molar-refractivity contribution >= 4 is 41.6 Å². The molecule has 2 saturated heterocycles. The number of hydrogen-bond acceptors (Lipinski definition) is 6. The Hall–Kier alpha value is -3.20. The van der Waals surface area contributed by atoms with E-state index in [9.17, 15) is 9.59 Å². The fraction of sp³-hybridized carbons (Fsp3) is 0.556. The van der Waals surface area contributed by atoms with Crippen LogP contribution in [0, 0.1) is 11.8 Å². The summed E-state index contributed by atoms with van der Waals surface area (Å²) in [7, 11) is 3.91. The molecule has 0 saturated carbocycles. The highest BCUT2D eigenvalue weighted by Crippen LogP contribution is 2.39. The van der Waals surface area contributed by atoms with Crippen LogP contribution >= 0.6 is 0 Å². The molecule has 1 aromatic rings. The molecular weight excluding hydrogens is 454 g/mol. The van der Waals surface area contributed by atoms with E-state index in [1.165, 1.54) is 5.57 Å². The minimum absolute atomic E-state index is 0.00759. The number of benzene rings is 1. The highest BCUT2D eigenvalue weighted by atomic mass is 16.2. The van der Waals surface area contributed by atoms with Gasteiger partial charge in [-0.2, -0.15) is 0 Å². The van der Waals surface area contributed by atoms with Gasteiger partial charge in [0.25, 0.3) is 0 Å².